The molecule has 0 unspecified atom stereocenters. The van der Waals surface area contributed by atoms with Gasteiger partial charge in [-0.1, -0.05) is 6.08 Å². The zero-order valence-electron chi connectivity index (χ0n) is 5.86. The SMILES string of the molecule is Cn1ccc(C=CCO)n1. The monoisotopic (exact) mass is 138 g/mol. The Hall–Kier alpha value is -1.09. The van der Waals surface area contributed by atoms with Crippen LogP contribution >= 0.6 is 0 Å². The van der Waals surface area contributed by atoms with Crippen molar-refractivity contribution in [3.05, 3.63) is 24.0 Å². The third-order valence-corrected chi connectivity index (χ3v) is 1.13. The maximum Gasteiger partial charge on any atom is 0.0848 e. The normalized spacial score (nSPS) is 11.0. The lowest BCUT2D eigenvalue weighted by atomic mass is 10.4. The van der Waals surface area contributed by atoms with E-state index in [-0.39, 0.29) is 6.61 Å². The lowest BCUT2D eigenvalue weighted by Crippen LogP contribution is -1.86. The quantitative estimate of drug-likeness (QED) is 0.643. The van der Waals surface area contributed by atoms with Gasteiger partial charge in [0.1, 0.15) is 0 Å². The summed E-state index contributed by atoms with van der Waals surface area (Å²) in [6, 6.07) is 1.88. The molecule has 0 bridgehead atoms. The first kappa shape index (κ1) is 7.02. The number of hydrogen-bond acceptors (Lipinski definition) is 2. The number of rotatable bonds is 2. The number of aromatic nitrogens is 2. The molecule has 0 spiro atoms. The second kappa shape index (κ2) is 3.17. The van der Waals surface area contributed by atoms with Crippen LogP contribution in [0, 0.1) is 0 Å². The van der Waals surface area contributed by atoms with E-state index >= 15 is 0 Å². The van der Waals surface area contributed by atoms with Crippen molar-refractivity contribution in [3.63, 3.8) is 0 Å². The van der Waals surface area contributed by atoms with Gasteiger partial charge in [-0.15, -0.1) is 0 Å². The molecule has 1 aromatic rings. The molecule has 0 amide bonds. The molecule has 54 valence electrons. The minimum atomic E-state index is 0.0660. The van der Waals surface area contributed by atoms with Crippen LogP contribution in [0.2, 0.25) is 0 Å². The topological polar surface area (TPSA) is 38.0 Å². The van der Waals surface area contributed by atoms with Crippen LogP contribution in [0.5, 0.6) is 0 Å². The molecule has 1 N–H and O–H groups in total. The molecule has 3 heteroatoms. The molecular weight excluding hydrogens is 128 g/mol. The van der Waals surface area contributed by atoms with Crippen LogP contribution in [0.25, 0.3) is 6.08 Å². The Bertz CT molecular complexity index is 227. The molecule has 0 aliphatic rings. The summed E-state index contributed by atoms with van der Waals surface area (Å²) in [4.78, 5) is 0. The van der Waals surface area contributed by atoms with E-state index in [1.807, 2.05) is 19.3 Å². The molecule has 0 saturated carbocycles. The fraction of sp³-hybridized carbons (Fsp3) is 0.286. The summed E-state index contributed by atoms with van der Waals surface area (Å²) in [6.07, 6.45) is 5.29. The number of aryl methyl sites for hydroxylation is 1. The van der Waals surface area contributed by atoms with E-state index in [1.54, 1.807) is 16.8 Å². The van der Waals surface area contributed by atoms with Crippen molar-refractivity contribution in [1.82, 2.24) is 9.78 Å². The van der Waals surface area contributed by atoms with Gasteiger partial charge in [0.05, 0.1) is 12.3 Å². The minimum absolute atomic E-state index is 0.0660. The Labute approximate surface area is 59.6 Å². The van der Waals surface area contributed by atoms with Crippen LogP contribution in [-0.4, -0.2) is 21.5 Å². The standard InChI is InChI=1S/C7H10N2O/c1-9-5-4-7(8-9)3-2-6-10/h2-5,10H,6H2,1H3. The highest BCUT2D eigenvalue weighted by molar-refractivity contribution is 5.43. The molecule has 0 fully saturated rings. The molecular formula is C7H10N2O. The molecule has 1 rings (SSSR count). The van der Waals surface area contributed by atoms with Gasteiger partial charge in [0.2, 0.25) is 0 Å². The van der Waals surface area contributed by atoms with E-state index in [9.17, 15) is 0 Å². The fourth-order valence-electron chi connectivity index (χ4n) is 0.695. The van der Waals surface area contributed by atoms with Crippen molar-refractivity contribution in [3.8, 4) is 0 Å². The van der Waals surface area contributed by atoms with Gasteiger partial charge in [0, 0.05) is 13.2 Å². The van der Waals surface area contributed by atoms with Crippen molar-refractivity contribution >= 4 is 6.08 Å². The highest BCUT2D eigenvalue weighted by Gasteiger charge is 1.87. The molecule has 0 aliphatic heterocycles. The Morgan fingerprint density at radius 1 is 1.80 bits per heavy atom. The highest BCUT2D eigenvalue weighted by atomic mass is 16.2. The second-order valence-corrected chi connectivity index (χ2v) is 2.00. The van der Waals surface area contributed by atoms with Crippen molar-refractivity contribution in [2.24, 2.45) is 7.05 Å². The van der Waals surface area contributed by atoms with Crippen LogP contribution in [0.3, 0.4) is 0 Å². The van der Waals surface area contributed by atoms with E-state index in [0.717, 1.165) is 5.69 Å². The number of aliphatic hydroxyl groups excluding tert-OH is 1. The summed E-state index contributed by atoms with van der Waals surface area (Å²) in [5.74, 6) is 0. The third-order valence-electron chi connectivity index (χ3n) is 1.13. The van der Waals surface area contributed by atoms with E-state index in [2.05, 4.69) is 5.10 Å². The molecule has 0 radical (unpaired) electrons. The molecule has 3 nitrogen and oxygen atoms in total. The van der Waals surface area contributed by atoms with Crippen LogP contribution in [0.1, 0.15) is 5.69 Å². The maximum atomic E-state index is 8.41. The van der Waals surface area contributed by atoms with Crippen molar-refractivity contribution < 1.29 is 5.11 Å². The van der Waals surface area contributed by atoms with Crippen LogP contribution in [0.4, 0.5) is 0 Å². The molecule has 0 atom stereocenters. The predicted octanol–water partition coefficient (Wildman–Crippen LogP) is 0.426. The smallest absolute Gasteiger partial charge is 0.0848 e. The fourth-order valence-corrected chi connectivity index (χ4v) is 0.695. The van der Waals surface area contributed by atoms with Crippen molar-refractivity contribution in [1.29, 1.82) is 0 Å². The summed E-state index contributed by atoms with van der Waals surface area (Å²) in [7, 11) is 1.86. The zero-order chi connectivity index (χ0) is 7.40. The summed E-state index contributed by atoms with van der Waals surface area (Å²) in [5, 5.41) is 12.5. The summed E-state index contributed by atoms with van der Waals surface area (Å²) < 4.78 is 1.72. The van der Waals surface area contributed by atoms with E-state index in [4.69, 9.17) is 5.11 Å². The van der Waals surface area contributed by atoms with Crippen LogP contribution < -0.4 is 0 Å². The van der Waals surface area contributed by atoms with Gasteiger partial charge in [-0.2, -0.15) is 5.10 Å². The Morgan fingerprint density at radius 2 is 2.60 bits per heavy atom. The average Bonchev–Trinajstić information content (AvgIpc) is 2.31. The predicted molar refractivity (Wildman–Crippen MR) is 39.3 cm³/mol. The lowest BCUT2D eigenvalue weighted by Gasteiger charge is -1.83. The Morgan fingerprint density at radius 3 is 3.10 bits per heavy atom. The van der Waals surface area contributed by atoms with Crippen molar-refractivity contribution in [2.45, 2.75) is 0 Å². The maximum absolute atomic E-state index is 8.41. The van der Waals surface area contributed by atoms with Crippen LogP contribution in [-0.2, 0) is 7.05 Å². The van der Waals surface area contributed by atoms with Gasteiger partial charge in [0.15, 0.2) is 0 Å². The van der Waals surface area contributed by atoms with Gasteiger partial charge >= 0.3 is 0 Å². The van der Waals surface area contributed by atoms with Crippen molar-refractivity contribution in [2.75, 3.05) is 6.61 Å². The third kappa shape index (κ3) is 1.70. The summed E-state index contributed by atoms with van der Waals surface area (Å²) in [6.45, 7) is 0.0660. The zero-order valence-corrected chi connectivity index (χ0v) is 5.86. The van der Waals surface area contributed by atoms with Gasteiger partial charge in [0.25, 0.3) is 0 Å². The number of hydrogen-bond donors (Lipinski definition) is 1. The first-order valence-corrected chi connectivity index (χ1v) is 3.10. The van der Waals surface area contributed by atoms with Gasteiger partial charge < -0.3 is 5.11 Å². The summed E-state index contributed by atoms with van der Waals surface area (Å²) in [5.41, 5.74) is 0.872. The molecule has 0 aliphatic carbocycles. The van der Waals surface area contributed by atoms with Gasteiger partial charge in [-0.05, 0) is 12.1 Å². The largest absolute Gasteiger partial charge is 0.392 e. The lowest BCUT2D eigenvalue weighted by molar-refractivity contribution is 0.343. The molecule has 0 aromatic carbocycles. The van der Waals surface area contributed by atoms with E-state index in [0.29, 0.717) is 0 Å². The van der Waals surface area contributed by atoms with E-state index < -0.39 is 0 Å². The molecule has 10 heavy (non-hydrogen) atoms. The average molecular weight is 138 g/mol. The van der Waals surface area contributed by atoms with Crippen LogP contribution in [0.15, 0.2) is 18.3 Å². The Balaban J connectivity index is 2.67. The summed E-state index contributed by atoms with van der Waals surface area (Å²) >= 11 is 0. The first-order chi connectivity index (χ1) is 4.83. The Kier molecular flexibility index (Phi) is 2.23. The van der Waals surface area contributed by atoms with Gasteiger partial charge in [-0.3, -0.25) is 4.68 Å². The number of aliphatic hydroxyl groups is 1. The number of nitrogens with zero attached hydrogens (tertiary/aromatic N) is 2. The van der Waals surface area contributed by atoms with E-state index in [1.165, 1.54) is 0 Å². The second-order valence-electron chi connectivity index (χ2n) is 2.00. The highest BCUT2D eigenvalue weighted by Crippen LogP contribution is 1.95. The minimum Gasteiger partial charge on any atom is -0.392 e. The molecule has 0 saturated heterocycles. The first-order valence-electron chi connectivity index (χ1n) is 3.10. The molecule has 1 aromatic heterocycles. The van der Waals surface area contributed by atoms with Gasteiger partial charge in [-0.25, -0.2) is 0 Å². The molecule has 1 heterocycles.